The number of anilines is 2. The second-order valence-corrected chi connectivity index (χ2v) is 6.52. The average molecular weight is 432 g/mol. The van der Waals surface area contributed by atoms with Crippen molar-refractivity contribution in [1.29, 1.82) is 0 Å². The van der Waals surface area contributed by atoms with Gasteiger partial charge in [0.15, 0.2) is 23.3 Å². The van der Waals surface area contributed by atoms with Crippen molar-refractivity contribution in [2.24, 2.45) is 5.92 Å². The summed E-state index contributed by atoms with van der Waals surface area (Å²) in [5, 5.41) is -0.909. The first kappa shape index (κ1) is 20.2. The molecule has 146 valence electrons. The lowest BCUT2D eigenvalue weighted by Crippen LogP contribution is -2.47. The molecule has 2 aromatic carbocycles. The number of esters is 1. The van der Waals surface area contributed by atoms with E-state index in [1.54, 1.807) is 0 Å². The maximum absolute atomic E-state index is 14.5. The first-order chi connectivity index (χ1) is 13.2. The molecule has 0 aliphatic carbocycles. The molecule has 1 heterocycles. The summed E-state index contributed by atoms with van der Waals surface area (Å²) in [5.74, 6) is -9.59. The summed E-state index contributed by atoms with van der Waals surface area (Å²) in [6, 6.07) is 3.68. The number of nitrogens with zero attached hydrogens (tertiary/aromatic N) is 1. The number of rotatable bonds is 3. The zero-order valence-corrected chi connectivity index (χ0v) is 15.6. The summed E-state index contributed by atoms with van der Waals surface area (Å²) in [5.41, 5.74) is -1.58. The molecule has 0 aromatic heterocycles. The number of ketones is 1. The second-order valence-electron chi connectivity index (χ2n) is 5.70. The van der Waals surface area contributed by atoms with E-state index in [0.29, 0.717) is 11.0 Å². The van der Waals surface area contributed by atoms with E-state index in [1.807, 2.05) is 0 Å². The molecule has 0 N–H and O–H groups in total. The van der Waals surface area contributed by atoms with Gasteiger partial charge in [-0.25, -0.2) is 13.2 Å². The van der Waals surface area contributed by atoms with Gasteiger partial charge in [-0.15, -0.1) is 0 Å². The van der Waals surface area contributed by atoms with Crippen molar-refractivity contribution < 1.29 is 32.3 Å². The van der Waals surface area contributed by atoms with Gasteiger partial charge in [-0.3, -0.25) is 19.3 Å². The lowest BCUT2D eigenvalue weighted by atomic mass is 9.89. The molecule has 2 aromatic rings. The molecule has 0 bridgehead atoms. The molecule has 0 spiro atoms. The molecule has 0 fully saturated rings. The SMILES string of the molecule is CCOC(=O)C1C(=O)c2cc(F)c(F)c(Cl)c2N(c2ccc(Cl)cc2F)C1=O. The fraction of sp³-hybridized carbons (Fsp3) is 0.167. The Bertz CT molecular complexity index is 1030. The Morgan fingerprint density at radius 2 is 1.82 bits per heavy atom. The molecule has 1 unspecified atom stereocenters. The number of fused-ring (bicyclic) bond motifs is 1. The fourth-order valence-electron chi connectivity index (χ4n) is 2.83. The molecule has 5 nitrogen and oxygen atoms in total. The third-order valence-electron chi connectivity index (χ3n) is 4.03. The van der Waals surface area contributed by atoms with E-state index in [1.165, 1.54) is 13.0 Å². The van der Waals surface area contributed by atoms with Gasteiger partial charge < -0.3 is 4.74 Å². The van der Waals surface area contributed by atoms with Gasteiger partial charge in [0.05, 0.1) is 18.0 Å². The largest absolute Gasteiger partial charge is 0.465 e. The van der Waals surface area contributed by atoms with Gasteiger partial charge in [0.1, 0.15) is 10.8 Å². The normalized spacial score (nSPS) is 16.2. The predicted molar refractivity (Wildman–Crippen MR) is 94.4 cm³/mol. The number of Topliss-reactive ketones (excluding diaryl/α,β-unsaturated/α-hetero) is 1. The molecule has 1 atom stereocenters. The highest BCUT2D eigenvalue weighted by Crippen LogP contribution is 2.44. The van der Waals surface area contributed by atoms with Crippen LogP contribution in [0.2, 0.25) is 10.0 Å². The van der Waals surface area contributed by atoms with E-state index in [9.17, 15) is 27.6 Å². The fourth-order valence-corrected chi connectivity index (χ4v) is 3.27. The van der Waals surface area contributed by atoms with Crippen LogP contribution in [0.4, 0.5) is 24.5 Å². The Morgan fingerprint density at radius 3 is 2.43 bits per heavy atom. The zero-order chi connectivity index (χ0) is 20.7. The van der Waals surface area contributed by atoms with Crippen LogP contribution in [0, 0.1) is 23.4 Å². The van der Waals surface area contributed by atoms with Gasteiger partial charge in [0.25, 0.3) is 5.91 Å². The van der Waals surface area contributed by atoms with Crippen LogP contribution in [-0.4, -0.2) is 24.3 Å². The van der Waals surface area contributed by atoms with Gasteiger partial charge in [-0.2, -0.15) is 0 Å². The summed E-state index contributed by atoms with van der Waals surface area (Å²) >= 11 is 11.5. The molecule has 0 radical (unpaired) electrons. The molecule has 1 amide bonds. The highest BCUT2D eigenvalue weighted by molar-refractivity contribution is 6.39. The number of carbonyl (C=O) groups excluding carboxylic acids is 3. The van der Waals surface area contributed by atoms with Crippen molar-refractivity contribution in [2.45, 2.75) is 6.92 Å². The Kier molecular flexibility index (Phi) is 5.36. The lowest BCUT2D eigenvalue weighted by molar-refractivity contribution is -0.149. The minimum absolute atomic E-state index is 0.000310. The lowest BCUT2D eigenvalue weighted by Gasteiger charge is -2.33. The predicted octanol–water partition coefficient (Wildman–Crippen LogP) is 4.45. The van der Waals surface area contributed by atoms with E-state index >= 15 is 0 Å². The van der Waals surface area contributed by atoms with Crippen LogP contribution in [0.1, 0.15) is 17.3 Å². The van der Waals surface area contributed by atoms with Gasteiger partial charge in [-0.1, -0.05) is 23.2 Å². The minimum Gasteiger partial charge on any atom is -0.465 e. The van der Waals surface area contributed by atoms with E-state index in [2.05, 4.69) is 0 Å². The van der Waals surface area contributed by atoms with Gasteiger partial charge >= 0.3 is 5.97 Å². The number of carbonyl (C=O) groups is 3. The number of hydrogen-bond donors (Lipinski definition) is 0. The van der Waals surface area contributed by atoms with Crippen molar-refractivity contribution in [3.63, 3.8) is 0 Å². The summed E-state index contributed by atoms with van der Waals surface area (Å²) < 4.78 is 47.1. The Hall–Kier alpha value is -2.58. The Morgan fingerprint density at radius 1 is 1.14 bits per heavy atom. The summed E-state index contributed by atoms with van der Waals surface area (Å²) in [6.07, 6.45) is 0. The van der Waals surface area contributed by atoms with E-state index in [-0.39, 0.29) is 11.6 Å². The number of hydrogen-bond acceptors (Lipinski definition) is 4. The quantitative estimate of drug-likeness (QED) is 0.409. The van der Waals surface area contributed by atoms with E-state index < -0.39 is 63.0 Å². The van der Waals surface area contributed by atoms with Crippen LogP contribution in [-0.2, 0) is 14.3 Å². The van der Waals surface area contributed by atoms with Crippen molar-refractivity contribution in [2.75, 3.05) is 11.5 Å². The molecule has 0 saturated carbocycles. The number of ether oxygens (including phenoxy) is 1. The van der Waals surface area contributed by atoms with Crippen LogP contribution < -0.4 is 4.90 Å². The van der Waals surface area contributed by atoms with Crippen molar-refractivity contribution in [3.8, 4) is 0 Å². The molecule has 0 saturated heterocycles. The maximum atomic E-state index is 14.5. The summed E-state index contributed by atoms with van der Waals surface area (Å²) in [4.78, 5) is 38.3. The Balaban J connectivity index is 2.33. The van der Waals surface area contributed by atoms with Gasteiger partial charge in [0, 0.05) is 10.6 Å². The van der Waals surface area contributed by atoms with Crippen LogP contribution in [0.25, 0.3) is 0 Å². The van der Waals surface area contributed by atoms with Crippen LogP contribution in [0.5, 0.6) is 0 Å². The molecule has 10 heteroatoms. The monoisotopic (exact) mass is 431 g/mol. The number of halogens is 5. The molecule has 28 heavy (non-hydrogen) atoms. The molecular formula is C18H10Cl2F3NO4. The van der Waals surface area contributed by atoms with E-state index in [4.69, 9.17) is 27.9 Å². The third kappa shape index (κ3) is 3.12. The van der Waals surface area contributed by atoms with Crippen LogP contribution in [0.3, 0.4) is 0 Å². The molecule has 1 aliphatic rings. The van der Waals surface area contributed by atoms with Crippen molar-refractivity contribution >= 4 is 52.2 Å². The molecule has 1 aliphatic heterocycles. The Labute approximate surface area is 166 Å². The van der Waals surface area contributed by atoms with Crippen molar-refractivity contribution in [3.05, 3.63) is 57.3 Å². The average Bonchev–Trinajstić information content (AvgIpc) is 2.62. The minimum atomic E-state index is -2.02. The van der Waals surface area contributed by atoms with Crippen LogP contribution >= 0.6 is 23.2 Å². The maximum Gasteiger partial charge on any atom is 0.326 e. The smallest absolute Gasteiger partial charge is 0.326 e. The second kappa shape index (κ2) is 7.44. The van der Waals surface area contributed by atoms with Crippen LogP contribution in [0.15, 0.2) is 24.3 Å². The summed E-state index contributed by atoms with van der Waals surface area (Å²) in [6.45, 7) is 1.31. The molecule has 3 rings (SSSR count). The first-order valence-corrected chi connectivity index (χ1v) is 8.62. The van der Waals surface area contributed by atoms with E-state index in [0.717, 1.165) is 12.1 Å². The van der Waals surface area contributed by atoms with Crippen molar-refractivity contribution in [1.82, 2.24) is 0 Å². The summed E-state index contributed by atoms with van der Waals surface area (Å²) in [7, 11) is 0. The third-order valence-corrected chi connectivity index (χ3v) is 4.61. The van der Waals surface area contributed by atoms with Gasteiger partial charge in [-0.05, 0) is 31.2 Å². The number of amides is 1. The zero-order valence-electron chi connectivity index (χ0n) is 14.1. The highest BCUT2D eigenvalue weighted by atomic mass is 35.5. The van der Waals surface area contributed by atoms with Gasteiger partial charge in [0.2, 0.25) is 0 Å². The standard InChI is InChI=1S/C18H10Cl2F3NO4/c1-2-28-18(27)12-16(25)8-6-10(22)14(23)13(20)15(8)24(17(12)26)11-4-3-7(19)5-9(11)21/h3-6,12H,2H2,1H3. The topological polar surface area (TPSA) is 63.7 Å². The highest BCUT2D eigenvalue weighted by Gasteiger charge is 2.48. The molecular weight excluding hydrogens is 422 g/mol. The first-order valence-electron chi connectivity index (χ1n) is 7.86. The number of benzene rings is 2.